The Hall–Kier alpha value is -2.06. The molecule has 0 radical (unpaired) electrons. The first-order valence-electron chi connectivity index (χ1n) is 6.91. The van der Waals surface area contributed by atoms with Gasteiger partial charge in [-0.05, 0) is 32.8 Å². The monoisotopic (exact) mass is 290 g/mol. The minimum atomic E-state index is -1.21. The minimum absolute atomic E-state index is 0.0573. The molecule has 0 spiro atoms. The number of carbonyl (C=O) groups is 1. The molecule has 21 heavy (non-hydrogen) atoms. The van der Waals surface area contributed by atoms with Crippen LogP contribution in [0.4, 0.5) is 4.79 Å². The summed E-state index contributed by atoms with van der Waals surface area (Å²) in [4.78, 5) is 13.5. The van der Waals surface area contributed by atoms with Gasteiger partial charge in [-0.1, -0.05) is 30.3 Å². The Balaban J connectivity index is 2.68. The third-order valence-corrected chi connectivity index (χ3v) is 2.71. The van der Waals surface area contributed by atoms with Gasteiger partial charge in [0.15, 0.2) is 6.10 Å². The van der Waals surface area contributed by atoms with Gasteiger partial charge >= 0.3 is 6.09 Å². The van der Waals surface area contributed by atoms with E-state index in [0.717, 1.165) is 5.56 Å². The van der Waals surface area contributed by atoms with E-state index < -0.39 is 17.8 Å². The van der Waals surface area contributed by atoms with E-state index in [9.17, 15) is 9.90 Å². The van der Waals surface area contributed by atoms with E-state index in [0.29, 0.717) is 13.0 Å². The quantitative estimate of drug-likeness (QED) is 0.845. The number of nitriles is 1. The molecule has 0 bridgehead atoms. The highest BCUT2D eigenvalue weighted by Gasteiger charge is 2.23. The Morgan fingerprint density at radius 3 is 2.52 bits per heavy atom. The van der Waals surface area contributed by atoms with Crippen molar-refractivity contribution < 1.29 is 14.6 Å². The molecule has 1 atom stereocenters. The van der Waals surface area contributed by atoms with Gasteiger partial charge in [0.2, 0.25) is 0 Å². The topological polar surface area (TPSA) is 73.6 Å². The SMILES string of the molecule is CC(C)(C)OC(=O)N(CCc1ccccc1)C[C@H](O)C#N. The summed E-state index contributed by atoms with van der Waals surface area (Å²) in [6.07, 6.45) is -1.10. The fraction of sp³-hybridized carbons (Fsp3) is 0.500. The maximum absolute atomic E-state index is 12.1. The van der Waals surface area contributed by atoms with E-state index >= 15 is 0 Å². The lowest BCUT2D eigenvalue weighted by molar-refractivity contribution is 0.0189. The van der Waals surface area contributed by atoms with E-state index in [4.69, 9.17) is 10.00 Å². The fourth-order valence-electron chi connectivity index (χ4n) is 1.74. The summed E-state index contributed by atoms with van der Waals surface area (Å²) < 4.78 is 5.30. The molecule has 1 amide bonds. The molecule has 0 aromatic heterocycles. The Morgan fingerprint density at radius 2 is 2.00 bits per heavy atom. The summed E-state index contributed by atoms with van der Waals surface area (Å²) in [6, 6.07) is 11.4. The van der Waals surface area contributed by atoms with Gasteiger partial charge in [0.1, 0.15) is 5.60 Å². The van der Waals surface area contributed by atoms with Crippen LogP contribution < -0.4 is 0 Å². The third kappa shape index (κ3) is 6.77. The number of rotatable bonds is 5. The lowest BCUT2D eigenvalue weighted by atomic mass is 10.1. The Labute approximate surface area is 125 Å². The van der Waals surface area contributed by atoms with E-state index in [1.54, 1.807) is 26.8 Å². The smallest absolute Gasteiger partial charge is 0.410 e. The zero-order valence-corrected chi connectivity index (χ0v) is 12.7. The summed E-state index contributed by atoms with van der Waals surface area (Å²) in [5.74, 6) is 0. The second-order valence-corrected chi connectivity index (χ2v) is 5.81. The number of hydrogen-bond donors (Lipinski definition) is 1. The Bertz CT molecular complexity index is 488. The summed E-state index contributed by atoms with van der Waals surface area (Å²) in [7, 11) is 0. The number of aliphatic hydroxyl groups is 1. The van der Waals surface area contributed by atoms with Crippen molar-refractivity contribution in [3.63, 3.8) is 0 Å². The highest BCUT2D eigenvalue weighted by Crippen LogP contribution is 2.11. The molecule has 1 aromatic carbocycles. The molecule has 0 unspecified atom stereocenters. The van der Waals surface area contributed by atoms with Crippen LogP contribution in [0.5, 0.6) is 0 Å². The van der Waals surface area contributed by atoms with Crippen molar-refractivity contribution in [2.75, 3.05) is 13.1 Å². The number of amides is 1. The number of nitrogens with zero attached hydrogens (tertiary/aromatic N) is 2. The average Bonchev–Trinajstić information content (AvgIpc) is 2.42. The van der Waals surface area contributed by atoms with Gasteiger partial charge in [-0.25, -0.2) is 4.79 Å². The number of hydrogen-bond acceptors (Lipinski definition) is 4. The van der Waals surface area contributed by atoms with Crippen LogP contribution in [0, 0.1) is 11.3 Å². The molecular weight excluding hydrogens is 268 g/mol. The molecule has 0 heterocycles. The van der Waals surface area contributed by atoms with Gasteiger partial charge in [-0.2, -0.15) is 5.26 Å². The molecule has 1 rings (SSSR count). The summed E-state index contributed by atoms with van der Waals surface area (Å²) in [5, 5.41) is 18.2. The first-order valence-corrected chi connectivity index (χ1v) is 6.91. The van der Waals surface area contributed by atoms with Gasteiger partial charge in [-0.3, -0.25) is 0 Å². The van der Waals surface area contributed by atoms with Gasteiger partial charge in [0.25, 0.3) is 0 Å². The normalized spacial score (nSPS) is 12.3. The van der Waals surface area contributed by atoms with E-state index in [2.05, 4.69) is 0 Å². The second kappa shape index (κ2) is 7.65. The van der Waals surface area contributed by atoms with Gasteiger partial charge in [0.05, 0.1) is 12.6 Å². The first kappa shape index (κ1) is 17.0. The van der Waals surface area contributed by atoms with Crippen LogP contribution in [0.2, 0.25) is 0 Å². The molecular formula is C16H22N2O3. The van der Waals surface area contributed by atoms with Gasteiger partial charge in [-0.15, -0.1) is 0 Å². The predicted octanol–water partition coefficient (Wildman–Crippen LogP) is 2.35. The van der Waals surface area contributed by atoms with Crippen LogP contribution in [0.1, 0.15) is 26.3 Å². The Morgan fingerprint density at radius 1 is 1.38 bits per heavy atom. The molecule has 0 saturated heterocycles. The third-order valence-electron chi connectivity index (χ3n) is 2.71. The molecule has 0 fully saturated rings. The van der Waals surface area contributed by atoms with Crippen molar-refractivity contribution in [3.05, 3.63) is 35.9 Å². The highest BCUT2D eigenvalue weighted by atomic mass is 16.6. The Kier molecular flexibility index (Phi) is 6.19. The molecule has 114 valence electrons. The van der Waals surface area contributed by atoms with Crippen molar-refractivity contribution in [3.8, 4) is 6.07 Å². The number of carbonyl (C=O) groups excluding carboxylic acids is 1. The number of ether oxygens (including phenoxy) is 1. The van der Waals surface area contributed by atoms with Crippen LogP contribution in [0.25, 0.3) is 0 Å². The van der Waals surface area contributed by atoms with Crippen molar-refractivity contribution in [1.82, 2.24) is 4.90 Å². The second-order valence-electron chi connectivity index (χ2n) is 5.81. The number of benzene rings is 1. The van der Waals surface area contributed by atoms with Crippen LogP contribution in [0.3, 0.4) is 0 Å². The fourth-order valence-corrected chi connectivity index (χ4v) is 1.74. The molecule has 0 aliphatic rings. The molecule has 1 N–H and O–H groups in total. The summed E-state index contributed by atoms with van der Waals surface area (Å²) >= 11 is 0. The van der Waals surface area contributed by atoms with Crippen molar-refractivity contribution in [2.24, 2.45) is 0 Å². The first-order chi connectivity index (χ1) is 9.81. The highest BCUT2D eigenvalue weighted by molar-refractivity contribution is 5.68. The molecule has 0 saturated carbocycles. The van der Waals surface area contributed by atoms with Crippen LogP contribution >= 0.6 is 0 Å². The lowest BCUT2D eigenvalue weighted by Gasteiger charge is -2.27. The molecule has 5 nitrogen and oxygen atoms in total. The maximum atomic E-state index is 12.1. The molecule has 0 aliphatic heterocycles. The van der Waals surface area contributed by atoms with Crippen LogP contribution in [0.15, 0.2) is 30.3 Å². The van der Waals surface area contributed by atoms with Crippen molar-refractivity contribution in [1.29, 1.82) is 5.26 Å². The molecule has 1 aromatic rings. The standard InChI is InChI=1S/C16H22N2O3/c1-16(2,3)21-15(20)18(12-14(19)11-17)10-9-13-7-5-4-6-8-13/h4-8,14,19H,9-10,12H2,1-3H3/t14-/m1/s1. The van der Waals surface area contributed by atoms with Gasteiger partial charge < -0.3 is 14.7 Å². The van der Waals surface area contributed by atoms with E-state index in [1.165, 1.54) is 4.90 Å². The molecule has 5 heteroatoms. The largest absolute Gasteiger partial charge is 0.444 e. The zero-order valence-electron chi connectivity index (χ0n) is 12.7. The summed E-state index contributed by atoms with van der Waals surface area (Å²) in [5.41, 5.74) is 0.470. The summed E-state index contributed by atoms with van der Waals surface area (Å²) in [6.45, 7) is 5.67. The van der Waals surface area contributed by atoms with E-state index in [-0.39, 0.29) is 6.54 Å². The average molecular weight is 290 g/mol. The minimum Gasteiger partial charge on any atom is -0.444 e. The van der Waals surface area contributed by atoms with Crippen LogP contribution in [-0.2, 0) is 11.2 Å². The van der Waals surface area contributed by atoms with Crippen molar-refractivity contribution >= 4 is 6.09 Å². The van der Waals surface area contributed by atoms with Crippen LogP contribution in [-0.4, -0.2) is 40.9 Å². The zero-order chi connectivity index (χ0) is 15.9. The van der Waals surface area contributed by atoms with Gasteiger partial charge in [0, 0.05) is 6.54 Å². The lowest BCUT2D eigenvalue weighted by Crippen LogP contribution is -2.41. The maximum Gasteiger partial charge on any atom is 0.410 e. The molecule has 0 aliphatic carbocycles. The van der Waals surface area contributed by atoms with E-state index in [1.807, 2.05) is 30.3 Å². The predicted molar refractivity (Wildman–Crippen MR) is 79.6 cm³/mol. The number of aliphatic hydroxyl groups excluding tert-OH is 1. The van der Waals surface area contributed by atoms with Crippen molar-refractivity contribution in [2.45, 2.75) is 38.9 Å².